The molecule has 0 aliphatic rings. The van der Waals surface area contributed by atoms with Crippen LogP contribution in [0.15, 0.2) is 95.8 Å². The molecule has 4 aromatic carbocycles. The fourth-order valence-corrected chi connectivity index (χ4v) is 4.64. The van der Waals surface area contributed by atoms with E-state index < -0.39 is 17.8 Å². The van der Waals surface area contributed by atoms with Crippen LogP contribution in [0, 0.1) is 5.82 Å². The van der Waals surface area contributed by atoms with E-state index in [1.165, 1.54) is 12.1 Å². The Morgan fingerprint density at radius 1 is 0.944 bits per heavy atom. The minimum absolute atomic E-state index is 0.00167. The van der Waals surface area contributed by atoms with Crippen LogP contribution < -0.4 is 5.56 Å². The molecular formula is C30H26FN3O2. The molecule has 0 N–H and O–H groups in total. The maximum atomic E-state index is 14.6. The summed E-state index contributed by atoms with van der Waals surface area (Å²) in [6.07, 6.45) is 0.665. The lowest BCUT2D eigenvalue weighted by molar-refractivity contribution is 0.0676. The highest BCUT2D eigenvalue weighted by molar-refractivity contribution is 5.94. The van der Waals surface area contributed by atoms with Gasteiger partial charge in [0.25, 0.3) is 11.5 Å². The summed E-state index contributed by atoms with van der Waals surface area (Å²) in [7, 11) is 0. The predicted octanol–water partition coefficient (Wildman–Crippen LogP) is 6.29. The minimum atomic E-state index is -0.596. The van der Waals surface area contributed by atoms with Crippen LogP contribution in [-0.4, -0.2) is 26.9 Å². The lowest BCUT2D eigenvalue weighted by Crippen LogP contribution is -2.38. The largest absolute Gasteiger partial charge is 0.329 e. The molecule has 0 aliphatic heterocycles. The van der Waals surface area contributed by atoms with Crippen molar-refractivity contribution < 1.29 is 9.18 Å². The van der Waals surface area contributed by atoms with Crippen molar-refractivity contribution in [2.24, 2.45) is 0 Å². The summed E-state index contributed by atoms with van der Waals surface area (Å²) in [6.45, 7) is 4.18. The highest BCUT2D eigenvalue weighted by atomic mass is 19.1. The zero-order chi connectivity index (χ0) is 25.2. The number of benzene rings is 4. The molecule has 5 rings (SSSR count). The molecule has 0 aliphatic carbocycles. The molecule has 0 saturated carbocycles. The van der Waals surface area contributed by atoms with Gasteiger partial charge in [-0.05, 0) is 60.5 Å². The summed E-state index contributed by atoms with van der Waals surface area (Å²) >= 11 is 0. The van der Waals surface area contributed by atoms with Crippen LogP contribution in [0.2, 0.25) is 0 Å². The molecule has 6 heteroatoms. The Bertz CT molecular complexity index is 1640. The second kappa shape index (κ2) is 9.74. The van der Waals surface area contributed by atoms with Crippen LogP contribution >= 0.6 is 0 Å². The molecule has 0 bridgehead atoms. The van der Waals surface area contributed by atoms with Gasteiger partial charge in [0.15, 0.2) is 0 Å². The molecule has 180 valence electrons. The minimum Gasteiger partial charge on any atom is -0.329 e. The smallest absolute Gasteiger partial charge is 0.266 e. The van der Waals surface area contributed by atoms with Gasteiger partial charge in [0.05, 0.1) is 28.2 Å². The predicted molar refractivity (Wildman–Crippen MR) is 141 cm³/mol. The fraction of sp³-hybridized carbons (Fsp3) is 0.167. The number of aromatic nitrogens is 2. The van der Waals surface area contributed by atoms with E-state index in [0.29, 0.717) is 35.4 Å². The van der Waals surface area contributed by atoms with E-state index in [1.54, 1.807) is 33.7 Å². The molecular weight excluding hydrogens is 453 g/mol. The average molecular weight is 480 g/mol. The number of nitrogens with zero attached hydrogens (tertiary/aromatic N) is 3. The van der Waals surface area contributed by atoms with Crippen molar-refractivity contribution in [3.63, 3.8) is 0 Å². The number of carbonyl (C=O) groups excluding carboxylic acids is 1. The summed E-state index contributed by atoms with van der Waals surface area (Å²) in [5.74, 6) is -0.587. The normalized spacial score (nSPS) is 12.1. The van der Waals surface area contributed by atoms with Gasteiger partial charge in [0, 0.05) is 6.54 Å². The standard InChI is InChI=1S/C30H26FN3O2/c1-3-18-33(29(35)24-12-6-8-14-26(24)31)20(2)28-32-27-15-9-7-13-25(27)30(36)34(28)23-17-16-21-10-4-5-11-22(21)19-23/h4-17,19-20H,3,18H2,1-2H3. The van der Waals surface area contributed by atoms with Gasteiger partial charge in [-0.3, -0.25) is 14.2 Å². The monoisotopic (exact) mass is 479 g/mol. The molecule has 0 fully saturated rings. The van der Waals surface area contributed by atoms with E-state index in [-0.39, 0.29) is 11.1 Å². The number of carbonyl (C=O) groups is 1. The van der Waals surface area contributed by atoms with Crippen LogP contribution in [0.5, 0.6) is 0 Å². The third-order valence-electron chi connectivity index (χ3n) is 6.46. The first kappa shape index (κ1) is 23.4. The zero-order valence-electron chi connectivity index (χ0n) is 20.2. The van der Waals surface area contributed by atoms with Crippen molar-refractivity contribution in [1.82, 2.24) is 14.5 Å². The lowest BCUT2D eigenvalue weighted by Gasteiger charge is -2.30. The Kier molecular flexibility index (Phi) is 6.34. The fourth-order valence-electron chi connectivity index (χ4n) is 4.64. The number of para-hydroxylation sites is 1. The van der Waals surface area contributed by atoms with Crippen molar-refractivity contribution in [3.8, 4) is 5.69 Å². The van der Waals surface area contributed by atoms with E-state index in [2.05, 4.69) is 0 Å². The van der Waals surface area contributed by atoms with E-state index in [4.69, 9.17) is 4.98 Å². The summed E-state index contributed by atoms with van der Waals surface area (Å²) in [5, 5.41) is 2.53. The van der Waals surface area contributed by atoms with Gasteiger partial charge >= 0.3 is 0 Å². The van der Waals surface area contributed by atoms with E-state index in [9.17, 15) is 14.0 Å². The maximum absolute atomic E-state index is 14.6. The Hall–Kier alpha value is -4.32. The highest BCUT2D eigenvalue weighted by Crippen LogP contribution is 2.27. The zero-order valence-corrected chi connectivity index (χ0v) is 20.2. The lowest BCUT2D eigenvalue weighted by atomic mass is 10.1. The molecule has 1 amide bonds. The van der Waals surface area contributed by atoms with Crippen molar-refractivity contribution in [2.75, 3.05) is 6.54 Å². The van der Waals surface area contributed by atoms with E-state index >= 15 is 0 Å². The molecule has 5 aromatic rings. The van der Waals surface area contributed by atoms with Crippen LogP contribution in [0.1, 0.15) is 42.5 Å². The summed E-state index contributed by atoms with van der Waals surface area (Å²) in [4.78, 5) is 33.8. The Balaban J connectivity index is 1.72. The summed E-state index contributed by atoms with van der Waals surface area (Å²) in [6, 6.07) is 26.3. The number of hydrogen-bond acceptors (Lipinski definition) is 3. The summed E-state index contributed by atoms with van der Waals surface area (Å²) < 4.78 is 16.1. The van der Waals surface area contributed by atoms with Crippen molar-refractivity contribution in [3.05, 3.63) is 119 Å². The number of halogens is 1. The molecule has 36 heavy (non-hydrogen) atoms. The molecule has 0 spiro atoms. The van der Waals surface area contributed by atoms with Gasteiger partial charge in [-0.15, -0.1) is 0 Å². The van der Waals surface area contributed by atoms with Gasteiger partial charge in [-0.2, -0.15) is 0 Å². The van der Waals surface area contributed by atoms with Gasteiger partial charge in [-0.25, -0.2) is 9.37 Å². The van der Waals surface area contributed by atoms with Gasteiger partial charge < -0.3 is 4.90 Å². The van der Waals surface area contributed by atoms with Crippen molar-refractivity contribution in [2.45, 2.75) is 26.3 Å². The second-order valence-corrected chi connectivity index (χ2v) is 8.81. The first-order valence-electron chi connectivity index (χ1n) is 12.1. The molecule has 1 atom stereocenters. The van der Waals surface area contributed by atoms with E-state index in [1.807, 2.05) is 68.4 Å². The molecule has 5 nitrogen and oxygen atoms in total. The second-order valence-electron chi connectivity index (χ2n) is 8.81. The van der Waals surface area contributed by atoms with Crippen LogP contribution in [-0.2, 0) is 0 Å². The molecule has 1 heterocycles. The van der Waals surface area contributed by atoms with Crippen molar-refractivity contribution in [1.29, 1.82) is 0 Å². The number of hydrogen-bond donors (Lipinski definition) is 0. The van der Waals surface area contributed by atoms with Gasteiger partial charge in [0.2, 0.25) is 0 Å². The Morgan fingerprint density at radius 2 is 1.64 bits per heavy atom. The Labute approximate surface area is 208 Å². The van der Waals surface area contributed by atoms with E-state index in [0.717, 1.165) is 10.8 Å². The number of rotatable bonds is 6. The maximum Gasteiger partial charge on any atom is 0.266 e. The Morgan fingerprint density at radius 3 is 2.42 bits per heavy atom. The molecule has 1 aromatic heterocycles. The number of amides is 1. The van der Waals surface area contributed by atoms with Crippen LogP contribution in [0.4, 0.5) is 4.39 Å². The number of fused-ring (bicyclic) bond motifs is 2. The van der Waals surface area contributed by atoms with Crippen LogP contribution in [0.3, 0.4) is 0 Å². The third kappa shape index (κ3) is 4.15. The first-order chi connectivity index (χ1) is 17.5. The molecule has 0 saturated heterocycles. The molecule has 0 radical (unpaired) electrons. The highest BCUT2D eigenvalue weighted by Gasteiger charge is 2.28. The van der Waals surface area contributed by atoms with Gasteiger partial charge in [0.1, 0.15) is 11.6 Å². The third-order valence-corrected chi connectivity index (χ3v) is 6.46. The van der Waals surface area contributed by atoms with Crippen molar-refractivity contribution >= 4 is 27.6 Å². The van der Waals surface area contributed by atoms with Gasteiger partial charge in [-0.1, -0.05) is 61.5 Å². The first-order valence-corrected chi connectivity index (χ1v) is 12.1. The van der Waals surface area contributed by atoms with Crippen LogP contribution in [0.25, 0.3) is 27.4 Å². The molecule has 1 unspecified atom stereocenters. The summed E-state index contributed by atoms with van der Waals surface area (Å²) in [5.41, 5.74) is 0.996. The average Bonchev–Trinajstić information content (AvgIpc) is 2.91. The quantitative estimate of drug-likeness (QED) is 0.288. The topological polar surface area (TPSA) is 55.2 Å². The SMILES string of the molecule is CCCN(C(=O)c1ccccc1F)C(C)c1nc2ccccc2c(=O)n1-c1ccc2ccccc2c1.